The number of nitrogens with one attached hydrogen (secondary N) is 1. The van der Waals surface area contributed by atoms with Crippen LogP contribution in [0.15, 0.2) is 42.5 Å². The summed E-state index contributed by atoms with van der Waals surface area (Å²) < 4.78 is 32.8. The molecule has 0 aliphatic heterocycles. The Morgan fingerprint density at radius 2 is 1.81 bits per heavy atom. The summed E-state index contributed by atoms with van der Waals surface area (Å²) >= 11 is 0. The van der Waals surface area contributed by atoms with Crippen molar-refractivity contribution < 1.29 is 13.5 Å². The molecule has 0 amide bonds. The fraction of sp³-hybridized carbons (Fsp3) is 0.294. The predicted molar refractivity (Wildman–Crippen MR) is 80.6 cm³/mol. The molecule has 0 radical (unpaired) electrons. The van der Waals surface area contributed by atoms with Gasteiger partial charge in [-0.1, -0.05) is 25.1 Å². The van der Waals surface area contributed by atoms with E-state index in [2.05, 4.69) is 5.32 Å². The Labute approximate surface area is 123 Å². The van der Waals surface area contributed by atoms with Crippen molar-refractivity contribution in [2.75, 3.05) is 11.9 Å². The minimum atomic E-state index is -0.426. The molecule has 1 unspecified atom stereocenters. The highest BCUT2D eigenvalue weighted by molar-refractivity contribution is 5.49. The van der Waals surface area contributed by atoms with Crippen molar-refractivity contribution in [2.24, 2.45) is 0 Å². The van der Waals surface area contributed by atoms with E-state index < -0.39 is 5.82 Å². The average Bonchev–Trinajstić information content (AvgIpc) is 2.48. The Hall–Kier alpha value is -2.10. The minimum Gasteiger partial charge on any atom is -0.491 e. The molecule has 2 rings (SSSR count). The summed E-state index contributed by atoms with van der Waals surface area (Å²) in [5, 5.41) is 3.16. The van der Waals surface area contributed by atoms with Crippen LogP contribution in [0, 0.1) is 11.6 Å². The first-order chi connectivity index (χ1) is 10.2. The van der Waals surface area contributed by atoms with E-state index in [1.54, 1.807) is 37.3 Å². The van der Waals surface area contributed by atoms with Crippen LogP contribution in [0.5, 0.6) is 5.75 Å². The smallest absolute Gasteiger partial charge is 0.167 e. The lowest BCUT2D eigenvalue weighted by atomic mass is 10.0. The fourth-order valence-corrected chi connectivity index (χ4v) is 2.22. The van der Waals surface area contributed by atoms with Gasteiger partial charge in [-0.2, -0.15) is 0 Å². The summed E-state index contributed by atoms with van der Waals surface area (Å²) in [5.74, 6) is -0.463. The first-order valence-corrected chi connectivity index (χ1v) is 7.09. The molecule has 0 saturated heterocycles. The Morgan fingerprint density at radius 3 is 2.43 bits per heavy atom. The highest BCUT2D eigenvalue weighted by Crippen LogP contribution is 2.27. The van der Waals surface area contributed by atoms with Crippen molar-refractivity contribution in [3.63, 3.8) is 0 Å². The van der Waals surface area contributed by atoms with E-state index in [-0.39, 0.29) is 17.6 Å². The molecule has 0 aromatic heterocycles. The van der Waals surface area contributed by atoms with Crippen molar-refractivity contribution in [1.82, 2.24) is 0 Å². The summed E-state index contributed by atoms with van der Waals surface area (Å²) in [7, 11) is 0. The quantitative estimate of drug-likeness (QED) is 0.815. The molecule has 1 atom stereocenters. The molecule has 112 valence electrons. The number of ether oxygens (including phenoxy) is 1. The van der Waals surface area contributed by atoms with E-state index in [4.69, 9.17) is 4.74 Å². The summed E-state index contributed by atoms with van der Waals surface area (Å²) in [4.78, 5) is 0. The van der Waals surface area contributed by atoms with Gasteiger partial charge in [0.1, 0.15) is 5.82 Å². The monoisotopic (exact) mass is 291 g/mol. The molecule has 1 N–H and O–H groups in total. The van der Waals surface area contributed by atoms with Crippen LogP contribution in [0.2, 0.25) is 0 Å². The van der Waals surface area contributed by atoms with Crippen molar-refractivity contribution in [2.45, 2.75) is 26.3 Å². The third-order valence-corrected chi connectivity index (χ3v) is 3.26. The number of hydrogen-bond acceptors (Lipinski definition) is 2. The maximum Gasteiger partial charge on any atom is 0.167 e. The van der Waals surface area contributed by atoms with Crippen molar-refractivity contribution in [3.8, 4) is 5.75 Å². The van der Waals surface area contributed by atoms with E-state index in [1.165, 1.54) is 12.1 Å². The van der Waals surface area contributed by atoms with Crippen molar-refractivity contribution >= 4 is 5.69 Å². The summed E-state index contributed by atoms with van der Waals surface area (Å²) in [6.07, 6.45) is 0.690. The lowest BCUT2D eigenvalue weighted by Crippen LogP contribution is -2.11. The Morgan fingerprint density at radius 1 is 1.05 bits per heavy atom. The van der Waals surface area contributed by atoms with Crippen LogP contribution in [0.1, 0.15) is 31.9 Å². The molecule has 0 aliphatic rings. The van der Waals surface area contributed by atoms with E-state index in [1.807, 2.05) is 6.92 Å². The molecule has 0 spiro atoms. The maximum atomic E-state index is 13.8. The van der Waals surface area contributed by atoms with Crippen LogP contribution >= 0.6 is 0 Å². The number of rotatable bonds is 6. The number of anilines is 1. The zero-order chi connectivity index (χ0) is 15.2. The second-order valence-electron chi connectivity index (χ2n) is 4.70. The van der Waals surface area contributed by atoms with Gasteiger partial charge in [0.2, 0.25) is 0 Å². The molecular weight excluding hydrogens is 272 g/mol. The van der Waals surface area contributed by atoms with Gasteiger partial charge in [0.15, 0.2) is 11.6 Å². The van der Waals surface area contributed by atoms with E-state index >= 15 is 0 Å². The lowest BCUT2D eigenvalue weighted by molar-refractivity contribution is 0.321. The van der Waals surface area contributed by atoms with Gasteiger partial charge in [-0.25, -0.2) is 8.78 Å². The number of benzene rings is 2. The van der Waals surface area contributed by atoms with Crippen molar-refractivity contribution in [3.05, 3.63) is 59.7 Å². The summed E-state index contributed by atoms with van der Waals surface area (Å²) in [6, 6.07) is 11.1. The molecule has 2 nitrogen and oxygen atoms in total. The Balaban J connectivity index is 2.19. The van der Waals surface area contributed by atoms with Gasteiger partial charge in [-0.05, 0) is 31.5 Å². The molecule has 2 aromatic rings. The Kier molecular flexibility index (Phi) is 5.14. The molecule has 2 aromatic carbocycles. The fourth-order valence-electron chi connectivity index (χ4n) is 2.22. The van der Waals surface area contributed by atoms with Gasteiger partial charge in [0.05, 0.1) is 12.6 Å². The minimum absolute atomic E-state index is 0.205. The molecule has 0 saturated carbocycles. The third kappa shape index (κ3) is 3.72. The second-order valence-corrected chi connectivity index (χ2v) is 4.70. The molecule has 0 bridgehead atoms. The van der Waals surface area contributed by atoms with Gasteiger partial charge < -0.3 is 10.1 Å². The van der Waals surface area contributed by atoms with Gasteiger partial charge in [0.25, 0.3) is 0 Å². The summed E-state index contributed by atoms with van der Waals surface area (Å²) in [5.41, 5.74) is 1.18. The predicted octanol–water partition coefficient (Wildman–Crippen LogP) is 4.93. The van der Waals surface area contributed by atoms with E-state index in [0.717, 1.165) is 0 Å². The molecule has 4 heteroatoms. The van der Waals surface area contributed by atoms with Crippen LogP contribution < -0.4 is 10.1 Å². The average molecular weight is 291 g/mol. The van der Waals surface area contributed by atoms with Crippen LogP contribution in [-0.4, -0.2) is 6.61 Å². The molecule has 0 aliphatic carbocycles. The molecule has 21 heavy (non-hydrogen) atoms. The number of hydrogen-bond donors (Lipinski definition) is 1. The third-order valence-electron chi connectivity index (χ3n) is 3.26. The molecule has 0 heterocycles. The maximum absolute atomic E-state index is 13.8. The second kappa shape index (κ2) is 7.07. The largest absolute Gasteiger partial charge is 0.491 e. The first kappa shape index (κ1) is 15.3. The summed E-state index contributed by atoms with van der Waals surface area (Å²) in [6.45, 7) is 4.17. The van der Waals surface area contributed by atoms with Crippen LogP contribution in [0.25, 0.3) is 0 Å². The normalized spacial score (nSPS) is 12.0. The van der Waals surface area contributed by atoms with Crippen LogP contribution in [0.4, 0.5) is 14.5 Å². The highest BCUT2D eigenvalue weighted by Gasteiger charge is 2.14. The van der Waals surface area contributed by atoms with Gasteiger partial charge in [-0.15, -0.1) is 0 Å². The topological polar surface area (TPSA) is 21.3 Å². The number of halogens is 2. The first-order valence-electron chi connectivity index (χ1n) is 7.09. The van der Waals surface area contributed by atoms with E-state index in [0.29, 0.717) is 24.3 Å². The van der Waals surface area contributed by atoms with Crippen molar-refractivity contribution in [1.29, 1.82) is 0 Å². The van der Waals surface area contributed by atoms with Gasteiger partial charge in [0, 0.05) is 17.3 Å². The standard InChI is InChI=1S/C17H19F2NO/c1-3-16(13-7-5-6-8-14(13)18)20-12-9-10-17(21-4-2)15(19)11-12/h5-11,16,20H,3-4H2,1-2H3. The highest BCUT2D eigenvalue weighted by atomic mass is 19.1. The van der Waals surface area contributed by atoms with Gasteiger partial charge in [-0.3, -0.25) is 0 Å². The molecule has 0 fully saturated rings. The Bertz CT molecular complexity index is 601. The van der Waals surface area contributed by atoms with Gasteiger partial charge >= 0.3 is 0 Å². The lowest BCUT2D eigenvalue weighted by Gasteiger charge is -2.19. The SMILES string of the molecule is CCOc1ccc(NC(CC)c2ccccc2F)cc1F. The zero-order valence-corrected chi connectivity index (χ0v) is 12.2. The zero-order valence-electron chi connectivity index (χ0n) is 12.2. The van der Waals surface area contributed by atoms with Crippen LogP contribution in [0.3, 0.4) is 0 Å². The van der Waals surface area contributed by atoms with E-state index in [9.17, 15) is 8.78 Å². The van der Waals surface area contributed by atoms with Crippen LogP contribution in [-0.2, 0) is 0 Å². The molecular formula is C17H19F2NO.